The van der Waals surface area contributed by atoms with Gasteiger partial charge in [0.25, 0.3) is 0 Å². The lowest BCUT2D eigenvalue weighted by Gasteiger charge is -2.37. The van der Waals surface area contributed by atoms with Gasteiger partial charge in [0.1, 0.15) is 6.61 Å². The minimum absolute atomic E-state index is 0.244. The number of piperidine rings is 1. The molecule has 0 aliphatic carbocycles. The van der Waals surface area contributed by atoms with Crippen LogP contribution in [0, 0.1) is 0 Å². The Labute approximate surface area is 133 Å². The van der Waals surface area contributed by atoms with Gasteiger partial charge in [0, 0.05) is 25.2 Å². The van der Waals surface area contributed by atoms with Gasteiger partial charge in [-0.2, -0.15) is 0 Å². The summed E-state index contributed by atoms with van der Waals surface area (Å²) in [5, 5.41) is 3.00. The molecule has 4 heteroatoms. The van der Waals surface area contributed by atoms with Crippen molar-refractivity contribution in [3.8, 4) is 0 Å². The van der Waals surface area contributed by atoms with Crippen LogP contribution in [0.3, 0.4) is 0 Å². The predicted octanol–water partition coefficient (Wildman–Crippen LogP) is 3.57. The van der Waals surface area contributed by atoms with Crippen molar-refractivity contribution in [2.45, 2.75) is 58.2 Å². The Balaban J connectivity index is 1.68. The van der Waals surface area contributed by atoms with Gasteiger partial charge in [0.15, 0.2) is 0 Å². The second-order valence-corrected chi connectivity index (χ2v) is 5.99. The van der Waals surface area contributed by atoms with Gasteiger partial charge in [-0.15, -0.1) is 0 Å². The Kier molecular flexibility index (Phi) is 6.72. The van der Waals surface area contributed by atoms with E-state index in [1.165, 1.54) is 12.8 Å². The fourth-order valence-corrected chi connectivity index (χ4v) is 3.15. The molecule has 1 amide bonds. The van der Waals surface area contributed by atoms with Crippen LogP contribution >= 0.6 is 0 Å². The van der Waals surface area contributed by atoms with Gasteiger partial charge < -0.3 is 15.0 Å². The highest BCUT2D eigenvalue weighted by Crippen LogP contribution is 2.17. The molecule has 22 heavy (non-hydrogen) atoms. The van der Waals surface area contributed by atoms with E-state index in [1.807, 2.05) is 30.3 Å². The molecule has 0 spiro atoms. The summed E-state index contributed by atoms with van der Waals surface area (Å²) < 4.78 is 5.28. The third-order valence-corrected chi connectivity index (χ3v) is 4.52. The molecule has 1 aromatic rings. The SMILES string of the molecule is CCC(CC)N1CCC(NC(=O)OCc2ccccc2)CC1. The molecule has 0 unspecified atom stereocenters. The van der Waals surface area contributed by atoms with Gasteiger partial charge in [-0.05, 0) is 31.2 Å². The van der Waals surface area contributed by atoms with Crippen LogP contribution < -0.4 is 5.32 Å². The van der Waals surface area contributed by atoms with Crippen molar-refractivity contribution < 1.29 is 9.53 Å². The monoisotopic (exact) mass is 304 g/mol. The van der Waals surface area contributed by atoms with E-state index in [0.29, 0.717) is 12.6 Å². The lowest BCUT2D eigenvalue weighted by molar-refractivity contribution is 0.113. The molecule has 0 bridgehead atoms. The van der Waals surface area contributed by atoms with Crippen molar-refractivity contribution in [1.82, 2.24) is 10.2 Å². The Morgan fingerprint density at radius 3 is 2.45 bits per heavy atom. The van der Waals surface area contributed by atoms with E-state index in [4.69, 9.17) is 4.74 Å². The van der Waals surface area contributed by atoms with Crippen LogP contribution in [0.2, 0.25) is 0 Å². The van der Waals surface area contributed by atoms with E-state index in [0.717, 1.165) is 31.5 Å². The normalized spacial score (nSPS) is 16.7. The molecular formula is C18H28N2O2. The van der Waals surface area contributed by atoms with Crippen molar-refractivity contribution in [3.05, 3.63) is 35.9 Å². The Morgan fingerprint density at radius 1 is 1.23 bits per heavy atom. The maximum atomic E-state index is 11.9. The van der Waals surface area contributed by atoms with Gasteiger partial charge in [-0.3, -0.25) is 0 Å². The van der Waals surface area contributed by atoms with Crippen LogP contribution in [0.4, 0.5) is 4.79 Å². The van der Waals surface area contributed by atoms with Crippen molar-refractivity contribution in [1.29, 1.82) is 0 Å². The third-order valence-electron chi connectivity index (χ3n) is 4.52. The lowest BCUT2D eigenvalue weighted by Crippen LogP contribution is -2.47. The Hall–Kier alpha value is -1.55. The number of hydrogen-bond acceptors (Lipinski definition) is 3. The van der Waals surface area contributed by atoms with E-state index in [-0.39, 0.29) is 12.1 Å². The lowest BCUT2D eigenvalue weighted by atomic mass is 10.0. The molecule has 1 fully saturated rings. The summed E-state index contributed by atoms with van der Waals surface area (Å²) >= 11 is 0. The van der Waals surface area contributed by atoms with E-state index in [2.05, 4.69) is 24.1 Å². The van der Waals surface area contributed by atoms with E-state index >= 15 is 0 Å². The number of benzene rings is 1. The number of ether oxygens (including phenoxy) is 1. The average molecular weight is 304 g/mol. The van der Waals surface area contributed by atoms with Gasteiger partial charge in [0.05, 0.1) is 0 Å². The fraction of sp³-hybridized carbons (Fsp3) is 0.611. The number of carbonyl (C=O) groups excluding carboxylic acids is 1. The van der Waals surface area contributed by atoms with Crippen LogP contribution in [0.5, 0.6) is 0 Å². The zero-order valence-corrected chi connectivity index (χ0v) is 13.8. The zero-order valence-electron chi connectivity index (χ0n) is 13.8. The van der Waals surface area contributed by atoms with Gasteiger partial charge >= 0.3 is 6.09 Å². The summed E-state index contributed by atoms with van der Waals surface area (Å²) in [4.78, 5) is 14.4. The van der Waals surface area contributed by atoms with Crippen molar-refractivity contribution in [3.63, 3.8) is 0 Å². The number of likely N-dealkylation sites (tertiary alicyclic amines) is 1. The smallest absolute Gasteiger partial charge is 0.407 e. The summed E-state index contributed by atoms with van der Waals surface area (Å²) in [6.07, 6.45) is 4.12. The highest BCUT2D eigenvalue weighted by molar-refractivity contribution is 5.67. The number of nitrogens with one attached hydrogen (secondary N) is 1. The van der Waals surface area contributed by atoms with Crippen molar-refractivity contribution >= 4 is 6.09 Å². The van der Waals surface area contributed by atoms with Gasteiger partial charge in [-0.25, -0.2) is 4.79 Å². The number of hydrogen-bond donors (Lipinski definition) is 1. The average Bonchev–Trinajstić information content (AvgIpc) is 2.56. The first kappa shape index (κ1) is 16.8. The second-order valence-electron chi connectivity index (χ2n) is 5.99. The Morgan fingerprint density at radius 2 is 1.86 bits per heavy atom. The summed E-state index contributed by atoms with van der Waals surface area (Å²) in [5.74, 6) is 0. The minimum atomic E-state index is -0.301. The van der Waals surface area contributed by atoms with Crippen LogP contribution in [-0.2, 0) is 11.3 Å². The zero-order chi connectivity index (χ0) is 15.8. The van der Waals surface area contributed by atoms with Crippen molar-refractivity contribution in [2.75, 3.05) is 13.1 Å². The molecule has 0 aromatic heterocycles. The van der Waals surface area contributed by atoms with E-state index in [1.54, 1.807) is 0 Å². The molecule has 1 N–H and O–H groups in total. The standard InChI is InChI=1S/C18H28N2O2/c1-3-17(4-2)20-12-10-16(11-13-20)19-18(21)22-14-15-8-6-5-7-9-15/h5-9,16-17H,3-4,10-14H2,1-2H3,(H,19,21). The van der Waals surface area contributed by atoms with E-state index in [9.17, 15) is 4.79 Å². The number of amides is 1. The maximum absolute atomic E-state index is 11.9. The van der Waals surface area contributed by atoms with Gasteiger partial charge in [0.2, 0.25) is 0 Å². The Bertz CT molecular complexity index is 438. The molecule has 122 valence electrons. The van der Waals surface area contributed by atoms with Crippen LogP contribution in [0.1, 0.15) is 45.1 Å². The van der Waals surface area contributed by atoms with Crippen molar-refractivity contribution in [2.24, 2.45) is 0 Å². The summed E-state index contributed by atoms with van der Waals surface area (Å²) in [7, 11) is 0. The topological polar surface area (TPSA) is 41.6 Å². The molecule has 0 radical (unpaired) electrons. The summed E-state index contributed by atoms with van der Waals surface area (Å²) in [6.45, 7) is 6.96. The molecule has 4 nitrogen and oxygen atoms in total. The van der Waals surface area contributed by atoms with Crippen LogP contribution in [-0.4, -0.2) is 36.2 Å². The first-order valence-corrected chi connectivity index (χ1v) is 8.44. The molecule has 2 rings (SSSR count). The number of alkyl carbamates (subject to hydrolysis) is 1. The molecular weight excluding hydrogens is 276 g/mol. The van der Waals surface area contributed by atoms with Crippen LogP contribution in [0.15, 0.2) is 30.3 Å². The van der Waals surface area contributed by atoms with Crippen LogP contribution in [0.25, 0.3) is 0 Å². The first-order chi connectivity index (χ1) is 10.7. The van der Waals surface area contributed by atoms with Gasteiger partial charge in [-0.1, -0.05) is 44.2 Å². The molecule has 1 heterocycles. The summed E-state index contributed by atoms with van der Waals surface area (Å²) in [6, 6.07) is 10.7. The minimum Gasteiger partial charge on any atom is -0.445 e. The molecule has 1 aliphatic rings. The highest BCUT2D eigenvalue weighted by Gasteiger charge is 2.24. The number of nitrogens with zero attached hydrogens (tertiary/aromatic N) is 1. The second kappa shape index (κ2) is 8.79. The fourth-order valence-electron chi connectivity index (χ4n) is 3.15. The molecule has 1 saturated heterocycles. The number of carbonyl (C=O) groups is 1. The largest absolute Gasteiger partial charge is 0.445 e. The first-order valence-electron chi connectivity index (χ1n) is 8.44. The molecule has 0 atom stereocenters. The quantitative estimate of drug-likeness (QED) is 0.873. The molecule has 1 aliphatic heterocycles. The highest BCUT2D eigenvalue weighted by atomic mass is 16.5. The maximum Gasteiger partial charge on any atom is 0.407 e. The third kappa shape index (κ3) is 5.02. The predicted molar refractivity (Wildman–Crippen MR) is 88.7 cm³/mol. The molecule has 1 aromatic carbocycles. The van der Waals surface area contributed by atoms with E-state index < -0.39 is 0 Å². The molecule has 0 saturated carbocycles. The summed E-state index contributed by atoms with van der Waals surface area (Å²) in [5.41, 5.74) is 1.02. The number of rotatable bonds is 6.